The number of methoxy groups -OCH3 is 1. The van der Waals surface area contributed by atoms with Crippen LogP contribution in [0.5, 0.6) is 0 Å². The first-order chi connectivity index (χ1) is 9.10. The van der Waals surface area contributed by atoms with Crippen LogP contribution in [0.1, 0.15) is 24.5 Å². The van der Waals surface area contributed by atoms with Gasteiger partial charge in [0.2, 0.25) is 0 Å². The molecule has 1 aliphatic heterocycles. The Bertz CT molecular complexity index is 432. The predicted molar refractivity (Wildman–Crippen MR) is 82.2 cm³/mol. The molecule has 0 aromatic heterocycles. The summed E-state index contributed by atoms with van der Waals surface area (Å²) in [7, 11) is 1.81. The molecule has 0 bridgehead atoms. The van der Waals surface area contributed by atoms with Gasteiger partial charge in [-0.2, -0.15) is 0 Å². The van der Waals surface area contributed by atoms with Gasteiger partial charge in [0, 0.05) is 25.8 Å². The largest absolute Gasteiger partial charge is 0.389 e. The smallest absolute Gasteiger partial charge is 0.103 e. The van der Waals surface area contributed by atoms with Crippen molar-refractivity contribution in [2.24, 2.45) is 11.7 Å². The number of hydrogen-bond acceptors (Lipinski definition) is 3. The van der Waals surface area contributed by atoms with Crippen molar-refractivity contribution >= 4 is 17.2 Å². The highest BCUT2D eigenvalue weighted by Gasteiger charge is 2.25. The zero-order chi connectivity index (χ0) is 13.8. The van der Waals surface area contributed by atoms with E-state index in [0.717, 1.165) is 25.2 Å². The minimum Gasteiger partial charge on any atom is -0.389 e. The predicted octanol–water partition coefficient (Wildman–Crippen LogP) is 2.18. The molecule has 2 atom stereocenters. The van der Waals surface area contributed by atoms with Gasteiger partial charge >= 0.3 is 0 Å². The molecule has 0 amide bonds. The molecule has 0 spiro atoms. The van der Waals surface area contributed by atoms with E-state index in [1.54, 1.807) is 0 Å². The lowest BCUT2D eigenvalue weighted by Crippen LogP contribution is -2.43. The fraction of sp³-hybridized carbons (Fsp3) is 0.533. The van der Waals surface area contributed by atoms with Crippen molar-refractivity contribution in [3.05, 3.63) is 35.4 Å². The zero-order valence-corrected chi connectivity index (χ0v) is 12.5. The molecule has 1 saturated heterocycles. The van der Waals surface area contributed by atoms with Crippen LogP contribution in [-0.2, 0) is 11.3 Å². The number of rotatable bonds is 4. The maximum absolute atomic E-state index is 5.60. The molecule has 2 rings (SSSR count). The zero-order valence-electron chi connectivity index (χ0n) is 11.6. The van der Waals surface area contributed by atoms with Crippen LogP contribution in [0.4, 0.5) is 0 Å². The van der Waals surface area contributed by atoms with Crippen molar-refractivity contribution in [2.75, 3.05) is 20.2 Å². The lowest BCUT2D eigenvalue weighted by Gasteiger charge is -2.36. The molecular formula is C15H22N2OS. The molecule has 1 heterocycles. The number of nitrogens with zero attached hydrogens (tertiary/aromatic N) is 1. The van der Waals surface area contributed by atoms with Crippen LogP contribution in [-0.4, -0.2) is 36.2 Å². The Morgan fingerprint density at radius 1 is 1.42 bits per heavy atom. The van der Waals surface area contributed by atoms with Crippen molar-refractivity contribution in [1.29, 1.82) is 0 Å². The van der Waals surface area contributed by atoms with Gasteiger partial charge in [0.1, 0.15) is 4.99 Å². The maximum Gasteiger partial charge on any atom is 0.103 e. The molecule has 4 heteroatoms. The Balaban J connectivity index is 1.95. The van der Waals surface area contributed by atoms with Gasteiger partial charge in [0.05, 0.1) is 6.10 Å². The fourth-order valence-corrected chi connectivity index (χ4v) is 2.72. The van der Waals surface area contributed by atoms with E-state index in [0.29, 0.717) is 17.0 Å². The number of ether oxygens (including phenoxy) is 1. The summed E-state index contributed by atoms with van der Waals surface area (Å²) in [6, 6.07) is 8.21. The summed E-state index contributed by atoms with van der Waals surface area (Å²) in [4.78, 5) is 2.90. The minimum atomic E-state index is 0.352. The molecule has 1 aliphatic rings. The lowest BCUT2D eigenvalue weighted by atomic mass is 9.95. The molecule has 0 aliphatic carbocycles. The molecule has 0 saturated carbocycles. The summed E-state index contributed by atoms with van der Waals surface area (Å²) >= 11 is 4.96. The Labute approximate surface area is 120 Å². The standard InChI is InChI=1S/C15H22N2OS/c1-11-7-8-17(10-14(11)18-2)9-12-3-5-13(6-4-12)15(16)19/h3-6,11,14H,7-10H2,1-2H3,(H2,16,19). The van der Waals surface area contributed by atoms with Gasteiger partial charge in [0.15, 0.2) is 0 Å². The fourth-order valence-electron chi connectivity index (χ4n) is 2.58. The van der Waals surface area contributed by atoms with Crippen LogP contribution in [0.15, 0.2) is 24.3 Å². The number of piperidine rings is 1. The molecule has 104 valence electrons. The third kappa shape index (κ3) is 3.75. The summed E-state index contributed by atoms with van der Waals surface area (Å²) in [5, 5.41) is 0. The number of nitrogens with two attached hydrogens (primary N) is 1. The lowest BCUT2D eigenvalue weighted by molar-refractivity contribution is -0.00744. The summed E-state index contributed by atoms with van der Waals surface area (Å²) < 4.78 is 5.55. The monoisotopic (exact) mass is 278 g/mol. The van der Waals surface area contributed by atoms with E-state index in [1.165, 1.54) is 12.0 Å². The molecule has 0 radical (unpaired) electrons. The van der Waals surface area contributed by atoms with Gasteiger partial charge in [-0.1, -0.05) is 43.4 Å². The summed E-state index contributed by atoms with van der Waals surface area (Å²) in [5.41, 5.74) is 7.83. The molecule has 3 nitrogen and oxygen atoms in total. The highest BCUT2D eigenvalue weighted by molar-refractivity contribution is 7.80. The van der Waals surface area contributed by atoms with Gasteiger partial charge in [0.25, 0.3) is 0 Å². The molecule has 19 heavy (non-hydrogen) atoms. The second-order valence-corrected chi connectivity index (χ2v) is 5.78. The topological polar surface area (TPSA) is 38.5 Å². The van der Waals surface area contributed by atoms with Crippen LogP contribution in [0.3, 0.4) is 0 Å². The van der Waals surface area contributed by atoms with Gasteiger partial charge in [-0.25, -0.2) is 0 Å². The highest BCUT2D eigenvalue weighted by Crippen LogP contribution is 2.21. The van der Waals surface area contributed by atoms with Crippen molar-refractivity contribution in [3.63, 3.8) is 0 Å². The van der Waals surface area contributed by atoms with Crippen molar-refractivity contribution < 1.29 is 4.74 Å². The van der Waals surface area contributed by atoms with E-state index in [1.807, 2.05) is 19.2 Å². The molecule has 1 aromatic rings. The van der Waals surface area contributed by atoms with E-state index >= 15 is 0 Å². The van der Waals surface area contributed by atoms with E-state index in [-0.39, 0.29) is 0 Å². The van der Waals surface area contributed by atoms with Gasteiger partial charge in [-0.15, -0.1) is 0 Å². The van der Waals surface area contributed by atoms with E-state index in [2.05, 4.69) is 24.0 Å². The Kier molecular flexibility index (Phi) is 4.91. The average Bonchev–Trinajstić information content (AvgIpc) is 2.41. The first kappa shape index (κ1) is 14.4. The molecule has 2 unspecified atom stereocenters. The van der Waals surface area contributed by atoms with E-state index in [9.17, 15) is 0 Å². The normalized spacial score (nSPS) is 24.3. The quantitative estimate of drug-likeness (QED) is 0.857. The second kappa shape index (κ2) is 6.46. The van der Waals surface area contributed by atoms with Crippen molar-refractivity contribution in [1.82, 2.24) is 4.90 Å². The van der Waals surface area contributed by atoms with Crippen LogP contribution in [0, 0.1) is 5.92 Å². The minimum absolute atomic E-state index is 0.352. The Morgan fingerprint density at radius 2 is 2.11 bits per heavy atom. The number of likely N-dealkylation sites (tertiary alicyclic amines) is 1. The summed E-state index contributed by atoms with van der Waals surface area (Å²) in [5.74, 6) is 0.651. The molecule has 1 aromatic carbocycles. The highest BCUT2D eigenvalue weighted by atomic mass is 32.1. The van der Waals surface area contributed by atoms with Crippen LogP contribution >= 0.6 is 12.2 Å². The van der Waals surface area contributed by atoms with Crippen LogP contribution in [0.2, 0.25) is 0 Å². The van der Waals surface area contributed by atoms with E-state index in [4.69, 9.17) is 22.7 Å². The first-order valence-electron chi connectivity index (χ1n) is 6.74. The van der Waals surface area contributed by atoms with Crippen molar-refractivity contribution in [2.45, 2.75) is 26.0 Å². The number of benzene rings is 1. The average molecular weight is 278 g/mol. The summed E-state index contributed by atoms with van der Waals surface area (Å²) in [6.45, 7) is 5.37. The molecule has 1 fully saturated rings. The molecule has 2 N–H and O–H groups in total. The second-order valence-electron chi connectivity index (χ2n) is 5.34. The SMILES string of the molecule is COC1CN(Cc2ccc(C(N)=S)cc2)CCC1C. The molecular weight excluding hydrogens is 256 g/mol. The third-order valence-corrected chi connectivity index (χ3v) is 4.16. The van der Waals surface area contributed by atoms with E-state index < -0.39 is 0 Å². The Hall–Kier alpha value is -0.970. The van der Waals surface area contributed by atoms with Crippen LogP contribution < -0.4 is 5.73 Å². The van der Waals surface area contributed by atoms with Crippen LogP contribution in [0.25, 0.3) is 0 Å². The van der Waals surface area contributed by atoms with Gasteiger partial charge < -0.3 is 10.5 Å². The van der Waals surface area contributed by atoms with Gasteiger partial charge in [-0.3, -0.25) is 4.90 Å². The van der Waals surface area contributed by atoms with Gasteiger partial charge in [-0.05, 0) is 24.4 Å². The van der Waals surface area contributed by atoms with Crippen molar-refractivity contribution in [3.8, 4) is 0 Å². The summed E-state index contributed by atoms with van der Waals surface area (Å²) in [6.07, 6.45) is 1.55. The number of thiocarbonyl (C=S) groups is 1. The Morgan fingerprint density at radius 3 is 2.68 bits per heavy atom. The maximum atomic E-state index is 5.60. The third-order valence-electron chi connectivity index (χ3n) is 3.92. The first-order valence-corrected chi connectivity index (χ1v) is 7.15. The number of hydrogen-bond donors (Lipinski definition) is 1.